The van der Waals surface area contributed by atoms with Crippen LogP contribution in [0.15, 0.2) is 36.9 Å². The molecule has 2 rings (SSSR count). The highest BCUT2D eigenvalue weighted by molar-refractivity contribution is 5.35. The van der Waals surface area contributed by atoms with Crippen LogP contribution < -0.4 is 0 Å². The van der Waals surface area contributed by atoms with Crippen LogP contribution in [0.2, 0.25) is 0 Å². The molecule has 1 aromatic carbocycles. The average Bonchev–Trinajstić information content (AvgIpc) is 2.86. The first-order chi connectivity index (χ1) is 6.26. The van der Waals surface area contributed by atoms with Gasteiger partial charge in [0.2, 0.25) is 0 Å². The fraction of sp³-hybridized carbons (Fsp3) is 0.333. The first-order valence-electron chi connectivity index (χ1n) is 4.59. The number of hydrogen-bond donors (Lipinski definition) is 0. The van der Waals surface area contributed by atoms with Gasteiger partial charge in [-0.25, -0.2) is 0 Å². The highest BCUT2D eigenvalue weighted by atomic mass is 16.6. The Balaban J connectivity index is 2.37. The maximum absolute atomic E-state index is 5.43. The number of hydrogen-bond acceptors (Lipinski definition) is 1. The molecule has 1 aliphatic heterocycles. The van der Waals surface area contributed by atoms with Crippen molar-refractivity contribution in [3.05, 3.63) is 48.0 Å². The lowest BCUT2D eigenvalue weighted by Gasteiger charge is -2.10. The highest BCUT2D eigenvalue weighted by Gasteiger charge is 2.42. The van der Waals surface area contributed by atoms with Crippen molar-refractivity contribution in [1.29, 1.82) is 0 Å². The second-order valence-corrected chi connectivity index (χ2v) is 3.67. The zero-order chi connectivity index (χ0) is 9.31. The molecule has 0 N–H and O–H groups in total. The Morgan fingerprint density at radius 3 is 2.85 bits per heavy atom. The monoisotopic (exact) mass is 174 g/mol. The number of ether oxygens (including phenoxy) is 1. The SMILES string of the molecule is C=CCc1ccccc1C1(C)CO1. The third-order valence-corrected chi connectivity index (χ3v) is 2.53. The Bertz CT molecular complexity index is 324. The van der Waals surface area contributed by atoms with Crippen LogP contribution in [0.1, 0.15) is 18.1 Å². The number of rotatable bonds is 3. The molecule has 0 radical (unpaired) electrons. The van der Waals surface area contributed by atoms with E-state index in [-0.39, 0.29) is 5.60 Å². The zero-order valence-electron chi connectivity index (χ0n) is 7.92. The average molecular weight is 174 g/mol. The maximum Gasteiger partial charge on any atom is 0.114 e. The van der Waals surface area contributed by atoms with Gasteiger partial charge in [0.15, 0.2) is 0 Å². The Kier molecular flexibility index (Phi) is 1.97. The summed E-state index contributed by atoms with van der Waals surface area (Å²) in [6.45, 7) is 6.74. The van der Waals surface area contributed by atoms with Gasteiger partial charge in [0.25, 0.3) is 0 Å². The first-order valence-corrected chi connectivity index (χ1v) is 4.59. The van der Waals surface area contributed by atoms with Crippen LogP contribution in [-0.2, 0) is 16.8 Å². The van der Waals surface area contributed by atoms with Gasteiger partial charge in [-0.1, -0.05) is 30.3 Å². The number of epoxide rings is 1. The van der Waals surface area contributed by atoms with E-state index in [2.05, 4.69) is 37.8 Å². The van der Waals surface area contributed by atoms with Gasteiger partial charge in [0, 0.05) is 0 Å². The summed E-state index contributed by atoms with van der Waals surface area (Å²) in [4.78, 5) is 0. The molecule has 1 heteroatoms. The summed E-state index contributed by atoms with van der Waals surface area (Å²) in [7, 11) is 0. The minimum Gasteiger partial charge on any atom is -0.365 e. The molecule has 1 aliphatic rings. The van der Waals surface area contributed by atoms with Crippen molar-refractivity contribution in [1.82, 2.24) is 0 Å². The normalized spacial score (nSPS) is 25.6. The molecule has 0 aliphatic carbocycles. The lowest BCUT2D eigenvalue weighted by molar-refractivity contribution is 0.328. The second kappa shape index (κ2) is 3.00. The Hall–Kier alpha value is -1.08. The summed E-state index contributed by atoms with van der Waals surface area (Å²) < 4.78 is 5.43. The molecule has 1 heterocycles. The summed E-state index contributed by atoms with van der Waals surface area (Å²) >= 11 is 0. The minimum absolute atomic E-state index is 0.0143. The zero-order valence-corrected chi connectivity index (χ0v) is 7.92. The molecule has 0 aromatic heterocycles. The van der Waals surface area contributed by atoms with Gasteiger partial charge in [-0.3, -0.25) is 0 Å². The van der Waals surface area contributed by atoms with E-state index in [1.54, 1.807) is 0 Å². The highest BCUT2D eigenvalue weighted by Crippen LogP contribution is 2.39. The van der Waals surface area contributed by atoms with Crippen LogP contribution in [-0.4, -0.2) is 6.61 Å². The van der Waals surface area contributed by atoms with Crippen molar-refractivity contribution < 1.29 is 4.74 Å². The molecule has 1 nitrogen and oxygen atoms in total. The Morgan fingerprint density at radius 1 is 1.54 bits per heavy atom. The molecule has 0 spiro atoms. The van der Waals surface area contributed by atoms with E-state index in [1.807, 2.05) is 6.08 Å². The van der Waals surface area contributed by atoms with Gasteiger partial charge in [-0.2, -0.15) is 0 Å². The van der Waals surface area contributed by atoms with Gasteiger partial charge >= 0.3 is 0 Å². The topological polar surface area (TPSA) is 12.5 Å². The molecule has 0 bridgehead atoms. The van der Waals surface area contributed by atoms with Crippen LogP contribution in [0.25, 0.3) is 0 Å². The summed E-state index contributed by atoms with van der Waals surface area (Å²) in [5.41, 5.74) is 2.63. The predicted octanol–water partition coefficient (Wildman–Crippen LogP) is 2.66. The fourth-order valence-corrected chi connectivity index (χ4v) is 1.63. The van der Waals surface area contributed by atoms with E-state index in [4.69, 9.17) is 4.74 Å². The minimum atomic E-state index is -0.0143. The molecule has 1 aromatic rings. The lowest BCUT2D eigenvalue weighted by atomic mass is 9.94. The van der Waals surface area contributed by atoms with E-state index >= 15 is 0 Å². The van der Waals surface area contributed by atoms with Crippen molar-refractivity contribution in [3.8, 4) is 0 Å². The van der Waals surface area contributed by atoms with Crippen LogP contribution in [0.3, 0.4) is 0 Å². The van der Waals surface area contributed by atoms with Gasteiger partial charge in [-0.05, 0) is 24.5 Å². The third-order valence-electron chi connectivity index (χ3n) is 2.53. The molecule has 0 saturated carbocycles. The summed E-state index contributed by atoms with van der Waals surface area (Å²) in [5, 5.41) is 0. The molecule has 1 saturated heterocycles. The van der Waals surface area contributed by atoms with Crippen LogP contribution in [0, 0.1) is 0 Å². The van der Waals surface area contributed by atoms with E-state index in [0.717, 1.165) is 13.0 Å². The second-order valence-electron chi connectivity index (χ2n) is 3.67. The molecule has 1 atom stereocenters. The maximum atomic E-state index is 5.43. The fourth-order valence-electron chi connectivity index (χ4n) is 1.63. The lowest BCUT2D eigenvalue weighted by Crippen LogP contribution is -2.05. The molecular formula is C12H14O. The number of benzene rings is 1. The molecule has 68 valence electrons. The largest absolute Gasteiger partial charge is 0.365 e. The quantitative estimate of drug-likeness (QED) is 0.507. The van der Waals surface area contributed by atoms with Crippen LogP contribution in [0.5, 0.6) is 0 Å². The standard InChI is InChI=1S/C12H14O/c1-3-6-10-7-4-5-8-11(10)12(2)9-13-12/h3-5,7-8H,1,6,9H2,2H3. The Labute approximate surface area is 79.0 Å². The molecule has 1 unspecified atom stereocenters. The van der Waals surface area contributed by atoms with Crippen LogP contribution in [0.4, 0.5) is 0 Å². The van der Waals surface area contributed by atoms with Gasteiger partial charge in [0.05, 0.1) is 6.61 Å². The van der Waals surface area contributed by atoms with Gasteiger partial charge in [-0.15, -0.1) is 6.58 Å². The van der Waals surface area contributed by atoms with E-state index < -0.39 is 0 Å². The van der Waals surface area contributed by atoms with Crippen molar-refractivity contribution in [2.24, 2.45) is 0 Å². The van der Waals surface area contributed by atoms with E-state index in [9.17, 15) is 0 Å². The van der Waals surface area contributed by atoms with Crippen molar-refractivity contribution in [2.45, 2.75) is 18.9 Å². The molecular weight excluding hydrogens is 160 g/mol. The number of allylic oxidation sites excluding steroid dienone is 1. The summed E-state index contributed by atoms with van der Waals surface area (Å²) in [6.07, 6.45) is 2.86. The molecule has 1 fully saturated rings. The molecule has 13 heavy (non-hydrogen) atoms. The van der Waals surface area contributed by atoms with Gasteiger partial charge < -0.3 is 4.74 Å². The Morgan fingerprint density at radius 2 is 2.23 bits per heavy atom. The van der Waals surface area contributed by atoms with Crippen molar-refractivity contribution >= 4 is 0 Å². The first kappa shape index (κ1) is 8.52. The summed E-state index contributed by atoms with van der Waals surface area (Å²) in [6, 6.07) is 8.42. The summed E-state index contributed by atoms with van der Waals surface area (Å²) in [5.74, 6) is 0. The molecule has 0 amide bonds. The van der Waals surface area contributed by atoms with Crippen molar-refractivity contribution in [3.63, 3.8) is 0 Å². The smallest absolute Gasteiger partial charge is 0.114 e. The van der Waals surface area contributed by atoms with Crippen molar-refractivity contribution in [2.75, 3.05) is 6.61 Å². The van der Waals surface area contributed by atoms with Gasteiger partial charge in [0.1, 0.15) is 5.60 Å². The third kappa shape index (κ3) is 1.52. The van der Waals surface area contributed by atoms with E-state index in [0.29, 0.717) is 0 Å². The van der Waals surface area contributed by atoms with E-state index in [1.165, 1.54) is 11.1 Å². The van der Waals surface area contributed by atoms with Crippen LogP contribution >= 0.6 is 0 Å². The predicted molar refractivity (Wildman–Crippen MR) is 53.6 cm³/mol.